The highest BCUT2D eigenvalue weighted by atomic mass is 16.1. The molecule has 62 valence electrons. The van der Waals surface area contributed by atoms with Crippen molar-refractivity contribution in [3.05, 3.63) is 11.6 Å². The molecule has 0 radical (unpaired) electrons. The molecule has 11 heavy (non-hydrogen) atoms. The van der Waals surface area contributed by atoms with Crippen LogP contribution in [0.15, 0.2) is 11.6 Å². The van der Waals surface area contributed by atoms with E-state index in [-0.39, 0.29) is 5.92 Å². The molecule has 2 unspecified atom stereocenters. The molecule has 1 saturated carbocycles. The van der Waals surface area contributed by atoms with Crippen molar-refractivity contribution >= 4 is 5.78 Å². The van der Waals surface area contributed by atoms with Crippen LogP contribution in [0.5, 0.6) is 0 Å². The Bertz CT molecular complexity index is 191. The summed E-state index contributed by atoms with van der Waals surface area (Å²) in [5.41, 5.74) is 1.04. The molecule has 1 fully saturated rings. The molecular weight excluding hydrogens is 136 g/mol. The fourth-order valence-corrected chi connectivity index (χ4v) is 1.59. The second kappa shape index (κ2) is 3.21. The van der Waals surface area contributed by atoms with Crippen LogP contribution in [0.1, 0.15) is 33.6 Å². The van der Waals surface area contributed by atoms with Gasteiger partial charge in [-0.2, -0.15) is 0 Å². The number of hydrogen-bond donors (Lipinski definition) is 0. The van der Waals surface area contributed by atoms with Gasteiger partial charge in [-0.3, -0.25) is 4.79 Å². The van der Waals surface area contributed by atoms with Crippen molar-refractivity contribution in [3.63, 3.8) is 0 Å². The van der Waals surface area contributed by atoms with Crippen molar-refractivity contribution in [2.75, 3.05) is 0 Å². The van der Waals surface area contributed by atoms with E-state index >= 15 is 0 Å². The smallest absolute Gasteiger partial charge is 0.161 e. The Hall–Kier alpha value is -0.590. The summed E-state index contributed by atoms with van der Waals surface area (Å²) < 4.78 is 0. The quantitative estimate of drug-likeness (QED) is 0.487. The first-order chi connectivity index (χ1) is 5.16. The Balaban J connectivity index is 2.75. The minimum Gasteiger partial charge on any atom is -0.294 e. The van der Waals surface area contributed by atoms with Crippen LogP contribution in [-0.2, 0) is 4.79 Å². The molecule has 0 saturated heterocycles. The maximum absolute atomic E-state index is 11.5. The molecule has 0 bridgehead atoms. The predicted octanol–water partition coefficient (Wildman–Crippen LogP) is 2.57. The monoisotopic (exact) mass is 152 g/mol. The standard InChI is InChI=1S/C10H16O/c1-4-9-6-5-7(2)8(3)10(9)11/h4,7-8H,5-6H2,1-3H3/b9-4+. The Kier molecular flexibility index (Phi) is 2.48. The summed E-state index contributed by atoms with van der Waals surface area (Å²) in [4.78, 5) is 11.5. The van der Waals surface area contributed by atoms with E-state index in [9.17, 15) is 4.79 Å². The van der Waals surface area contributed by atoms with Crippen LogP contribution in [0.4, 0.5) is 0 Å². The SMILES string of the molecule is C/C=C1\CCC(C)C(C)C1=O. The van der Waals surface area contributed by atoms with Crippen molar-refractivity contribution in [2.45, 2.75) is 33.6 Å². The summed E-state index contributed by atoms with van der Waals surface area (Å²) >= 11 is 0. The van der Waals surface area contributed by atoms with Crippen molar-refractivity contribution in [2.24, 2.45) is 11.8 Å². The third-order valence-electron chi connectivity index (χ3n) is 2.80. The highest BCUT2D eigenvalue weighted by Crippen LogP contribution is 2.29. The summed E-state index contributed by atoms with van der Waals surface area (Å²) in [7, 11) is 0. The van der Waals surface area contributed by atoms with Gasteiger partial charge in [-0.1, -0.05) is 19.9 Å². The zero-order valence-corrected chi connectivity index (χ0v) is 7.55. The molecule has 0 heterocycles. The van der Waals surface area contributed by atoms with Crippen molar-refractivity contribution in [1.29, 1.82) is 0 Å². The van der Waals surface area contributed by atoms with E-state index in [1.54, 1.807) is 0 Å². The lowest BCUT2D eigenvalue weighted by atomic mass is 9.78. The van der Waals surface area contributed by atoms with Gasteiger partial charge in [-0.15, -0.1) is 0 Å². The average Bonchev–Trinajstić information content (AvgIpc) is 2.01. The molecule has 0 aromatic heterocycles. The van der Waals surface area contributed by atoms with Gasteiger partial charge in [0.2, 0.25) is 0 Å². The van der Waals surface area contributed by atoms with Gasteiger partial charge in [0.25, 0.3) is 0 Å². The highest BCUT2D eigenvalue weighted by molar-refractivity contribution is 5.97. The van der Waals surface area contributed by atoms with Gasteiger partial charge in [0.05, 0.1) is 0 Å². The molecule has 0 aromatic carbocycles. The molecule has 1 nitrogen and oxygen atoms in total. The molecule has 1 heteroatoms. The molecule has 2 atom stereocenters. The van der Waals surface area contributed by atoms with E-state index in [2.05, 4.69) is 6.92 Å². The third kappa shape index (κ3) is 1.52. The van der Waals surface area contributed by atoms with Gasteiger partial charge in [0, 0.05) is 5.92 Å². The van der Waals surface area contributed by atoms with Crippen LogP contribution >= 0.6 is 0 Å². The van der Waals surface area contributed by atoms with E-state index in [1.165, 1.54) is 6.42 Å². The number of Topliss-reactive ketones (excluding diaryl/α,β-unsaturated/α-hetero) is 1. The normalized spacial score (nSPS) is 36.3. The molecule has 1 rings (SSSR count). The first-order valence-electron chi connectivity index (χ1n) is 4.36. The van der Waals surface area contributed by atoms with Crippen molar-refractivity contribution in [1.82, 2.24) is 0 Å². The summed E-state index contributed by atoms with van der Waals surface area (Å²) in [6.07, 6.45) is 4.12. The maximum Gasteiger partial charge on any atom is 0.161 e. The lowest BCUT2D eigenvalue weighted by Crippen LogP contribution is -2.25. The van der Waals surface area contributed by atoms with Crippen LogP contribution in [0.2, 0.25) is 0 Å². The Morgan fingerprint density at radius 3 is 2.64 bits per heavy atom. The van der Waals surface area contributed by atoms with E-state index < -0.39 is 0 Å². The lowest BCUT2D eigenvalue weighted by molar-refractivity contribution is -0.121. The molecule has 1 aliphatic rings. The first kappa shape index (κ1) is 8.51. The van der Waals surface area contributed by atoms with Crippen LogP contribution in [0.3, 0.4) is 0 Å². The van der Waals surface area contributed by atoms with Crippen LogP contribution in [0, 0.1) is 11.8 Å². The molecule has 0 spiro atoms. The minimum atomic E-state index is 0.245. The molecular formula is C10H16O. The van der Waals surface area contributed by atoms with Crippen molar-refractivity contribution in [3.8, 4) is 0 Å². The number of carbonyl (C=O) groups is 1. The van der Waals surface area contributed by atoms with E-state index in [1.807, 2.05) is 19.9 Å². The molecule has 0 aromatic rings. The zero-order valence-electron chi connectivity index (χ0n) is 7.55. The molecule has 0 aliphatic heterocycles. The van der Waals surface area contributed by atoms with E-state index in [0.29, 0.717) is 11.7 Å². The second-order valence-electron chi connectivity index (χ2n) is 3.48. The van der Waals surface area contributed by atoms with Gasteiger partial charge < -0.3 is 0 Å². The molecule has 0 amide bonds. The lowest BCUT2D eigenvalue weighted by Gasteiger charge is -2.25. The van der Waals surface area contributed by atoms with Gasteiger partial charge in [0.15, 0.2) is 5.78 Å². The highest BCUT2D eigenvalue weighted by Gasteiger charge is 2.27. The summed E-state index contributed by atoms with van der Waals surface area (Å²) in [6, 6.07) is 0. The fraction of sp³-hybridized carbons (Fsp3) is 0.700. The Morgan fingerprint density at radius 1 is 1.45 bits per heavy atom. The summed E-state index contributed by atoms with van der Waals surface area (Å²) in [5.74, 6) is 1.19. The van der Waals surface area contributed by atoms with Gasteiger partial charge >= 0.3 is 0 Å². The first-order valence-corrected chi connectivity index (χ1v) is 4.36. The minimum absolute atomic E-state index is 0.245. The summed E-state index contributed by atoms with van der Waals surface area (Å²) in [6.45, 7) is 6.15. The fourth-order valence-electron chi connectivity index (χ4n) is 1.59. The van der Waals surface area contributed by atoms with E-state index in [0.717, 1.165) is 12.0 Å². The number of hydrogen-bond acceptors (Lipinski definition) is 1. The molecule has 1 aliphatic carbocycles. The van der Waals surface area contributed by atoms with Crippen LogP contribution in [0.25, 0.3) is 0 Å². The van der Waals surface area contributed by atoms with Gasteiger partial charge in [-0.25, -0.2) is 0 Å². The predicted molar refractivity (Wildman–Crippen MR) is 46.3 cm³/mol. The van der Waals surface area contributed by atoms with Gasteiger partial charge in [-0.05, 0) is 31.3 Å². The number of carbonyl (C=O) groups excluding carboxylic acids is 1. The topological polar surface area (TPSA) is 17.1 Å². The second-order valence-corrected chi connectivity index (χ2v) is 3.48. The van der Waals surface area contributed by atoms with Crippen LogP contribution < -0.4 is 0 Å². The number of ketones is 1. The van der Waals surface area contributed by atoms with Gasteiger partial charge in [0.1, 0.15) is 0 Å². The number of rotatable bonds is 0. The largest absolute Gasteiger partial charge is 0.294 e. The Labute approximate surface area is 68.5 Å². The maximum atomic E-state index is 11.5. The Morgan fingerprint density at radius 2 is 2.09 bits per heavy atom. The average molecular weight is 152 g/mol. The van der Waals surface area contributed by atoms with Crippen LogP contribution in [-0.4, -0.2) is 5.78 Å². The number of allylic oxidation sites excluding steroid dienone is 2. The summed E-state index contributed by atoms with van der Waals surface area (Å²) in [5, 5.41) is 0. The molecule has 0 N–H and O–H groups in total. The zero-order chi connectivity index (χ0) is 8.43. The third-order valence-corrected chi connectivity index (χ3v) is 2.80. The van der Waals surface area contributed by atoms with E-state index in [4.69, 9.17) is 0 Å². The van der Waals surface area contributed by atoms with Crippen molar-refractivity contribution < 1.29 is 4.79 Å².